The number of ether oxygens (including phenoxy) is 1. The molecular weight excluding hydrogens is 242 g/mol. The molecule has 0 spiro atoms. The van der Waals surface area contributed by atoms with Gasteiger partial charge in [-0.05, 0) is 36.8 Å². The lowest BCUT2D eigenvalue weighted by atomic mass is 10.1. The summed E-state index contributed by atoms with van der Waals surface area (Å²) < 4.78 is 5.07. The summed E-state index contributed by atoms with van der Waals surface area (Å²) >= 11 is 0. The van der Waals surface area contributed by atoms with Crippen molar-refractivity contribution in [3.8, 4) is 11.5 Å². The number of benzene rings is 2. The fourth-order valence-corrected chi connectivity index (χ4v) is 1.65. The quantitative estimate of drug-likeness (QED) is 0.888. The van der Waals surface area contributed by atoms with E-state index in [-0.39, 0.29) is 11.7 Å². The molecule has 0 heterocycles. The molecule has 0 fully saturated rings. The van der Waals surface area contributed by atoms with Gasteiger partial charge in [-0.15, -0.1) is 0 Å². The third-order valence-electron chi connectivity index (χ3n) is 2.80. The van der Waals surface area contributed by atoms with Crippen molar-refractivity contribution < 1.29 is 14.6 Å². The molecule has 98 valence electrons. The molecule has 0 unspecified atom stereocenters. The Hall–Kier alpha value is -2.49. The van der Waals surface area contributed by atoms with Crippen LogP contribution in [0.4, 0.5) is 5.69 Å². The minimum atomic E-state index is -0.248. The number of nitrogens with one attached hydrogen (secondary N) is 1. The number of anilines is 1. The summed E-state index contributed by atoms with van der Waals surface area (Å²) in [5.41, 5.74) is 1.81. The van der Waals surface area contributed by atoms with E-state index in [1.54, 1.807) is 50.4 Å². The molecule has 0 bridgehead atoms. The number of aryl methyl sites for hydroxylation is 1. The summed E-state index contributed by atoms with van der Waals surface area (Å²) in [6.45, 7) is 1.79. The zero-order valence-electron chi connectivity index (χ0n) is 10.8. The highest BCUT2D eigenvalue weighted by Gasteiger charge is 2.08. The Morgan fingerprint density at radius 3 is 2.68 bits per heavy atom. The molecule has 0 saturated heterocycles. The molecule has 0 saturated carbocycles. The van der Waals surface area contributed by atoms with Crippen molar-refractivity contribution in [2.24, 2.45) is 0 Å². The summed E-state index contributed by atoms with van der Waals surface area (Å²) in [4.78, 5) is 12.0. The number of phenols is 1. The highest BCUT2D eigenvalue weighted by Crippen LogP contribution is 2.21. The Bertz CT molecular complexity index is 608. The second-order valence-electron chi connectivity index (χ2n) is 4.19. The van der Waals surface area contributed by atoms with Crippen LogP contribution in [0, 0.1) is 6.92 Å². The lowest BCUT2D eigenvalue weighted by molar-refractivity contribution is 0.102. The van der Waals surface area contributed by atoms with E-state index in [1.165, 1.54) is 6.07 Å². The molecule has 0 aliphatic carbocycles. The topological polar surface area (TPSA) is 58.6 Å². The van der Waals surface area contributed by atoms with Crippen LogP contribution in [-0.4, -0.2) is 18.1 Å². The first-order valence-corrected chi connectivity index (χ1v) is 5.85. The van der Waals surface area contributed by atoms with Gasteiger partial charge in [-0.2, -0.15) is 0 Å². The lowest BCUT2D eigenvalue weighted by Crippen LogP contribution is -2.11. The molecular formula is C15H15NO3. The number of hydrogen-bond donors (Lipinski definition) is 2. The van der Waals surface area contributed by atoms with Crippen molar-refractivity contribution in [2.75, 3.05) is 12.4 Å². The summed E-state index contributed by atoms with van der Waals surface area (Å²) in [6, 6.07) is 11.9. The molecule has 1 amide bonds. The zero-order chi connectivity index (χ0) is 13.8. The normalized spacial score (nSPS) is 10.0. The van der Waals surface area contributed by atoms with Crippen molar-refractivity contribution in [3.05, 3.63) is 53.6 Å². The molecule has 0 radical (unpaired) electrons. The van der Waals surface area contributed by atoms with E-state index in [9.17, 15) is 9.90 Å². The van der Waals surface area contributed by atoms with E-state index in [1.807, 2.05) is 0 Å². The van der Waals surface area contributed by atoms with Crippen molar-refractivity contribution in [2.45, 2.75) is 6.92 Å². The van der Waals surface area contributed by atoms with E-state index in [0.29, 0.717) is 17.0 Å². The second-order valence-corrected chi connectivity index (χ2v) is 4.19. The molecule has 0 aromatic heterocycles. The first-order chi connectivity index (χ1) is 9.10. The third kappa shape index (κ3) is 3.04. The van der Waals surface area contributed by atoms with E-state index in [2.05, 4.69) is 5.32 Å². The van der Waals surface area contributed by atoms with E-state index >= 15 is 0 Å². The average molecular weight is 257 g/mol. The maximum absolute atomic E-state index is 12.0. The Kier molecular flexibility index (Phi) is 3.71. The maximum atomic E-state index is 12.0. The number of amides is 1. The van der Waals surface area contributed by atoms with Crippen LogP contribution >= 0.6 is 0 Å². The van der Waals surface area contributed by atoms with Gasteiger partial charge in [-0.25, -0.2) is 0 Å². The van der Waals surface area contributed by atoms with Crippen LogP contribution in [0.1, 0.15) is 15.9 Å². The molecule has 4 heteroatoms. The summed E-state index contributed by atoms with van der Waals surface area (Å²) in [5, 5.41) is 12.3. The van der Waals surface area contributed by atoms with Crippen LogP contribution in [0.25, 0.3) is 0 Å². The predicted molar refractivity (Wildman–Crippen MR) is 73.8 cm³/mol. The van der Waals surface area contributed by atoms with Crippen LogP contribution < -0.4 is 10.1 Å². The first-order valence-electron chi connectivity index (χ1n) is 5.85. The molecule has 0 atom stereocenters. The van der Waals surface area contributed by atoms with Gasteiger partial charge in [0.1, 0.15) is 11.5 Å². The van der Waals surface area contributed by atoms with E-state index in [0.717, 1.165) is 5.56 Å². The number of aromatic hydroxyl groups is 1. The number of hydrogen-bond acceptors (Lipinski definition) is 3. The lowest BCUT2D eigenvalue weighted by Gasteiger charge is -2.08. The average Bonchev–Trinajstić information content (AvgIpc) is 2.43. The number of carbonyl (C=O) groups is 1. The van der Waals surface area contributed by atoms with Crippen LogP contribution in [0.5, 0.6) is 11.5 Å². The molecule has 0 aliphatic rings. The second kappa shape index (κ2) is 5.44. The first kappa shape index (κ1) is 13.0. The van der Waals surface area contributed by atoms with E-state index < -0.39 is 0 Å². The molecule has 19 heavy (non-hydrogen) atoms. The molecule has 2 aromatic rings. The standard InChI is InChI=1S/C15H15NO3/c1-10-6-7-12(9-14(10)17)16-15(18)11-4-3-5-13(8-11)19-2/h3-9,17H,1-2H3,(H,16,18). The Morgan fingerprint density at radius 2 is 2.00 bits per heavy atom. The van der Waals surface area contributed by atoms with Gasteiger partial charge in [0.25, 0.3) is 5.91 Å². The summed E-state index contributed by atoms with van der Waals surface area (Å²) in [5.74, 6) is 0.532. The number of carbonyl (C=O) groups excluding carboxylic acids is 1. The third-order valence-corrected chi connectivity index (χ3v) is 2.80. The summed E-state index contributed by atoms with van der Waals surface area (Å²) in [6.07, 6.45) is 0. The minimum absolute atomic E-state index is 0.156. The Labute approximate surface area is 111 Å². The van der Waals surface area contributed by atoms with Crippen LogP contribution in [-0.2, 0) is 0 Å². The van der Waals surface area contributed by atoms with Gasteiger partial charge in [-0.1, -0.05) is 12.1 Å². The van der Waals surface area contributed by atoms with Gasteiger partial charge in [-0.3, -0.25) is 4.79 Å². The molecule has 2 rings (SSSR count). The SMILES string of the molecule is COc1cccc(C(=O)Nc2ccc(C)c(O)c2)c1. The van der Waals surface area contributed by atoms with Gasteiger partial charge in [0.2, 0.25) is 0 Å². The highest BCUT2D eigenvalue weighted by atomic mass is 16.5. The number of phenolic OH excluding ortho intramolecular Hbond substituents is 1. The molecule has 0 aliphatic heterocycles. The molecule has 2 N–H and O–H groups in total. The van der Waals surface area contributed by atoms with Crippen LogP contribution in [0.3, 0.4) is 0 Å². The van der Waals surface area contributed by atoms with Crippen molar-refractivity contribution in [1.29, 1.82) is 0 Å². The van der Waals surface area contributed by atoms with Crippen molar-refractivity contribution in [3.63, 3.8) is 0 Å². The largest absolute Gasteiger partial charge is 0.508 e. The van der Waals surface area contributed by atoms with Gasteiger partial charge in [0, 0.05) is 17.3 Å². The van der Waals surface area contributed by atoms with Crippen molar-refractivity contribution in [1.82, 2.24) is 0 Å². The molecule has 2 aromatic carbocycles. The fraction of sp³-hybridized carbons (Fsp3) is 0.133. The fourth-order valence-electron chi connectivity index (χ4n) is 1.65. The van der Waals surface area contributed by atoms with Gasteiger partial charge in [0.15, 0.2) is 0 Å². The highest BCUT2D eigenvalue weighted by molar-refractivity contribution is 6.04. The van der Waals surface area contributed by atoms with Gasteiger partial charge >= 0.3 is 0 Å². The zero-order valence-corrected chi connectivity index (χ0v) is 10.8. The summed E-state index contributed by atoms with van der Waals surface area (Å²) in [7, 11) is 1.55. The van der Waals surface area contributed by atoms with Gasteiger partial charge < -0.3 is 15.2 Å². The Morgan fingerprint density at radius 1 is 1.21 bits per heavy atom. The van der Waals surface area contributed by atoms with Crippen LogP contribution in [0.15, 0.2) is 42.5 Å². The van der Waals surface area contributed by atoms with Crippen LogP contribution in [0.2, 0.25) is 0 Å². The smallest absolute Gasteiger partial charge is 0.255 e. The van der Waals surface area contributed by atoms with Crippen molar-refractivity contribution >= 4 is 11.6 Å². The number of methoxy groups -OCH3 is 1. The predicted octanol–water partition coefficient (Wildman–Crippen LogP) is 2.96. The Balaban J connectivity index is 2.18. The number of rotatable bonds is 3. The minimum Gasteiger partial charge on any atom is -0.508 e. The van der Waals surface area contributed by atoms with Gasteiger partial charge in [0.05, 0.1) is 7.11 Å². The monoisotopic (exact) mass is 257 g/mol. The molecule has 4 nitrogen and oxygen atoms in total. The maximum Gasteiger partial charge on any atom is 0.255 e. The van der Waals surface area contributed by atoms with E-state index in [4.69, 9.17) is 4.74 Å².